The van der Waals surface area contributed by atoms with Crippen LogP contribution in [0.15, 0.2) is 142 Å². The van der Waals surface area contributed by atoms with Gasteiger partial charge in [0, 0.05) is 43.8 Å². The van der Waals surface area contributed by atoms with Crippen molar-refractivity contribution in [1.82, 2.24) is 15.0 Å². The third kappa shape index (κ3) is 5.43. The summed E-state index contributed by atoms with van der Waals surface area (Å²) < 4.78 is 13.0. The summed E-state index contributed by atoms with van der Waals surface area (Å²) >= 11 is 0. The van der Waals surface area contributed by atoms with Crippen LogP contribution in [-0.4, -0.2) is 54.2 Å². The molecular weight excluding hydrogens is 669 g/mol. The molecule has 55 heavy (non-hydrogen) atoms. The van der Waals surface area contributed by atoms with Crippen molar-refractivity contribution >= 4 is 110 Å². The van der Waals surface area contributed by atoms with Gasteiger partial charge in [-0.05, 0) is 53.1 Å². The minimum atomic E-state index is 0.586. The Labute approximate surface area is 322 Å². The fraction of sp³-hybridized carbons (Fsp3) is 0. The smallest absolute Gasteiger partial charge is 0.164 e. The summed E-state index contributed by atoms with van der Waals surface area (Å²) in [4.78, 5) is 15.2. The van der Waals surface area contributed by atoms with Gasteiger partial charge < -0.3 is 8.83 Å². The molecule has 0 atom stereocenters. The normalized spacial score (nSPS) is 11.6. The molecule has 0 aliphatic carbocycles. The molecule has 254 valence electrons. The first kappa shape index (κ1) is 33.1. The fourth-order valence-electron chi connectivity index (χ4n) is 8.16. The Hall–Kier alpha value is -6.53. The van der Waals surface area contributed by atoms with Crippen molar-refractivity contribution in [3.05, 3.63) is 133 Å². The van der Waals surface area contributed by atoms with Gasteiger partial charge in [0.2, 0.25) is 0 Å². The molecule has 0 unspecified atom stereocenters. The highest BCUT2D eigenvalue weighted by atomic mass is 16.3. The molecule has 0 fully saturated rings. The SMILES string of the molecule is Bc1c(B)c(B)c(-c2cccc(-c3nc(-c4ccccc4)nc(-c4ccc5c(c4)oc4cc(-c6cccc7c6oc6ccccc67)ccc45)n3)c2)c(B)c1B. The lowest BCUT2D eigenvalue weighted by molar-refractivity contribution is 0.668. The van der Waals surface area contributed by atoms with Crippen LogP contribution in [0.5, 0.6) is 0 Å². The molecule has 0 aliphatic heterocycles. The van der Waals surface area contributed by atoms with Crippen LogP contribution < -0.4 is 27.3 Å². The van der Waals surface area contributed by atoms with Crippen molar-refractivity contribution in [3.63, 3.8) is 0 Å². The van der Waals surface area contributed by atoms with Gasteiger partial charge in [0.1, 0.15) is 61.6 Å². The van der Waals surface area contributed by atoms with Gasteiger partial charge in [0.05, 0.1) is 0 Å². The standard InChI is InChI=1S/C45H32B5N3O2/c46-37-36(38(47)40(49)41(50)39(37)48)25-10-6-11-26(20-25)44-51-43(23-8-2-1-3-9-23)52-45(53-44)27-17-19-31-30-18-16-24(21-34(30)54-35(31)22-27)28-13-7-14-32-29-12-4-5-15-33(29)55-42(28)32/h1-22H,46-50H2. The monoisotopic (exact) mass is 701 g/mol. The molecular formula is C45H32B5N3O2. The number of para-hydroxylation sites is 2. The van der Waals surface area contributed by atoms with Crippen molar-refractivity contribution < 1.29 is 8.83 Å². The van der Waals surface area contributed by atoms with Crippen molar-refractivity contribution in [2.24, 2.45) is 0 Å². The van der Waals surface area contributed by atoms with E-state index >= 15 is 0 Å². The quantitative estimate of drug-likeness (QED) is 0.258. The Bertz CT molecular complexity index is 3150. The molecule has 3 heterocycles. The van der Waals surface area contributed by atoms with Crippen LogP contribution in [0.3, 0.4) is 0 Å². The summed E-state index contributed by atoms with van der Waals surface area (Å²) in [5.74, 6) is 1.83. The van der Waals surface area contributed by atoms with Crippen LogP contribution in [0.1, 0.15) is 0 Å². The van der Waals surface area contributed by atoms with E-state index in [9.17, 15) is 0 Å². The molecule has 0 aliphatic rings. The van der Waals surface area contributed by atoms with Crippen LogP contribution in [0.4, 0.5) is 0 Å². The number of rotatable bonds is 5. The van der Waals surface area contributed by atoms with Gasteiger partial charge in [-0.2, -0.15) is 0 Å². The van der Waals surface area contributed by atoms with Crippen LogP contribution in [0.25, 0.3) is 100 Å². The van der Waals surface area contributed by atoms with Crippen molar-refractivity contribution in [3.8, 4) is 56.4 Å². The van der Waals surface area contributed by atoms with Crippen molar-refractivity contribution in [2.45, 2.75) is 0 Å². The average molecular weight is 701 g/mol. The summed E-state index contributed by atoms with van der Waals surface area (Å²) in [6.45, 7) is 0. The summed E-state index contributed by atoms with van der Waals surface area (Å²) in [6.07, 6.45) is 0. The van der Waals surface area contributed by atoms with Gasteiger partial charge in [0.15, 0.2) is 17.5 Å². The van der Waals surface area contributed by atoms with Crippen molar-refractivity contribution in [2.75, 3.05) is 0 Å². The van der Waals surface area contributed by atoms with E-state index in [0.717, 1.165) is 77.3 Å². The summed E-state index contributed by atoms with van der Waals surface area (Å²) in [5.41, 5.74) is 17.2. The average Bonchev–Trinajstić information content (AvgIpc) is 3.80. The maximum atomic E-state index is 6.59. The van der Waals surface area contributed by atoms with Gasteiger partial charge in [-0.15, -0.1) is 16.4 Å². The molecule has 0 saturated heterocycles. The second-order valence-corrected chi connectivity index (χ2v) is 14.6. The van der Waals surface area contributed by atoms with E-state index in [2.05, 4.69) is 118 Å². The van der Waals surface area contributed by atoms with Crippen LogP contribution in [-0.2, 0) is 0 Å². The number of aromatic nitrogens is 3. The zero-order valence-corrected chi connectivity index (χ0v) is 31.4. The Kier molecular flexibility index (Phi) is 7.70. The molecule has 0 radical (unpaired) electrons. The van der Waals surface area contributed by atoms with E-state index in [0.29, 0.717) is 17.5 Å². The van der Waals surface area contributed by atoms with Crippen LogP contribution in [0, 0.1) is 0 Å². The number of hydrogen-bond acceptors (Lipinski definition) is 5. The maximum absolute atomic E-state index is 6.59. The topological polar surface area (TPSA) is 65.0 Å². The lowest BCUT2D eigenvalue weighted by Gasteiger charge is -2.20. The third-order valence-electron chi connectivity index (χ3n) is 11.5. The van der Waals surface area contributed by atoms with Crippen LogP contribution in [0.2, 0.25) is 0 Å². The van der Waals surface area contributed by atoms with Gasteiger partial charge in [-0.25, -0.2) is 15.0 Å². The van der Waals surface area contributed by atoms with E-state index < -0.39 is 0 Å². The number of furan rings is 2. The number of nitrogens with zero attached hydrogens (tertiary/aromatic N) is 3. The lowest BCUT2D eigenvalue weighted by atomic mass is 9.59. The number of fused-ring (bicyclic) bond motifs is 6. The summed E-state index contributed by atoms with van der Waals surface area (Å²) in [6, 6.07) is 45.8. The molecule has 0 spiro atoms. The lowest BCUT2D eigenvalue weighted by Crippen LogP contribution is -2.55. The van der Waals surface area contributed by atoms with Gasteiger partial charge in [-0.1, -0.05) is 108 Å². The second-order valence-electron chi connectivity index (χ2n) is 14.6. The highest BCUT2D eigenvalue weighted by Gasteiger charge is 2.18. The van der Waals surface area contributed by atoms with E-state index in [1.54, 1.807) is 0 Å². The van der Waals surface area contributed by atoms with E-state index in [1.165, 1.54) is 32.9 Å². The Morgan fingerprint density at radius 3 is 1.58 bits per heavy atom. The number of hydrogen-bond donors (Lipinski definition) is 0. The van der Waals surface area contributed by atoms with E-state index in [-0.39, 0.29) is 0 Å². The second kappa shape index (κ2) is 12.8. The highest BCUT2D eigenvalue weighted by Crippen LogP contribution is 2.39. The zero-order valence-electron chi connectivity index (χ0n) is 31.4. The molecule has 10 aromatic rings. The fourth-order valence-corrected chi connectivity index (χ4v) is 8.16. The van der Waals surface area contributed by atoms with Gasteiger partial charge >= 0.3 is 0 Å². The summed E-state index contributed by atoms with van der Waals surface area (Å²) in [7, 11) is 11.1. The van der Waals surface area contributed by atoms with Crippen LogP contribution >= 0.6 is 0 Å². The number of benzene rings is 7. The Morgan fingerprint density at radius 1 is 0.345 bits per heavy atom. The molecule has 10 heteroatoms. The first-order chi connectivity index (χ1) is 26.8. The Balaban J connectivity index is 1.09. The molecule has 0 saturated carbocycles. The molecule has 0 amide bonds. The molecule has 7 aromatic carbocycles. The first-order valence-electron chi connectivity index (χ1n) is 18.7. The minimum Gasteiger partial charge on any atom is -0.456 e. The van der Waals surface area contributed by atoms with Crippen molar-refractivity contribution in [1.29, 1.82) is 0 Å². The Morgan fingerprint density at radius 2 is 0.855 bits per heavy atom. The highest BCUT2D eigenvalue weighted by molar-refractivity contribution is 6.68. The molecule has 0 N–H and O–H groups in total. The van der Waals surface area contributed by atoms with E-state index in [4.69, 9.17) is 23.8 Å². The maximum Gasteiger partial charge on any atom is 0.164 e. The largest absolute Gasteiger partial charge is 0.456 e. The minimum absolute atomic E-state index is 0.586. The predicted molar refractivity (Wildman–Crippen MR) is 242 cm³/mol. The predicted octanol–water partition coefficient (Wildman–Crippen LogP) is 3.30. The zero-order chi connectivity index (χ0) is 37.4. The third-order valence-corrected chi connectivity index (χ3v) is 11.5. The molecule has 5 nitrogen and oxygen atoms in total. The molecule has 0 bridgehead atoms. The van der Waals surface area contributed by atoms with Gasteiger partial charge in [0.25, 0.3) is 0 Å². The van der Waals surface area contributed by atoms with Gasteiger partial charge in [-0.3, -0.25) is 0 Å². The molecule has 3 aromatic heterocycles. The first-order valence-corrected chi connectivity index (χ1v) is 18.7. The summed E-state index contributed by atoms with van der Waals surface area (Å²) in [5, 5.41) is 4.30. The van der Waals surface area contributed by atoms with E-state index in [1.807, 2.05) is 54.6 Å². The molecule has 10 rings (SSSR count).